The molecule has 0 aromatic heterocycles. The van der Waals surface area contributed by atoms with Gasteiger partial charge in [-0.3, -0.25) is 0 Å². The first-order chi connectivity index (χ1) is 5.43. The molecular formula is C9H18OS. The van der Waals surface area contributed by atoms with Gasteiger partial charge in [-0.25, -0.2) is 0 Å². The fourth-order valence-electron chi connectivity index (χ4n) is 1.59. The molecule has 0 radical (unpaired) electrons. The number of thiol groups is 1. The Morgan fingerprint density at radius 3 is 2.64 bits per heavy atom. The van der Waals surface area contributed by atoms with Crippen molar-refractivity contribution in [1.29, 1.82) is 0 Å². The van der Waals surface area contributed by atoms with E-state index in [9.17, 15) is 0 Å². The quantitative estimate of drug-likeness (QED) is 0.498. The highest BCUT2D eigenvalue weighted by atomic mass is 32.1. The van der Waals surface area contributed by atoms with Crippen LogP contribution in [0, 0.1) is 5.92 Å². The molecule has 0 heterocycles. The van der Waals surface area contributed by atoms with Crippen molar-refractivity contribution < 1.29 is 4.74 Å². The first-order valence-electron chi connectivity index (χ1n) is 4.62. The maximum atomic E-state index is 5.51. The summed E-state index contributed by atoms with van der Waals surface area (Å²) in [6, 6.07) is 0. The molecule has 1 fully saturated rings. The number of rotatable bonds is 5. The normalized spacial score (nSPS) is 19.4. The van der Waals surface area contributed by atoms with Gasteiger partial charge in [-0.15, -0.1) is 0 Å². The Kier molecular flexibility index (Phi) is 5.04. The molecule has 11 heavy (non-hydrogen) atoms. The van der Waals surface area contributed by atoms with Gasteiger partial charge in [-0.1, -0.05) is 12.8 Å². The molecule has 1 rings (SSSR count). The van der Waals surface area contributed by atoms with Crippen molar-refractivity contribution in [2.75, 3.05) is 19.0 Å². The lowest BCUT2D eigenvalue weighted by molar-refractivity contribution is 0.102. The topological polar surface area (TPSA) is 9.23 Å². The van der Waals surface area contributed by atoms with E-state index in [1.54, 1.807) is 0 Å². The van der Waals surface area contributed by atoms with Gasteiger partial charge in [0.1, 0.15) is 0 Å². The number of hydrogen-bond acceptors (Lipinski definition) is 2. The van der Waals surface area contributed by atoms with Gasteiger partial charge in [0, 0.05) is 13.2 Å². The monoisotopic (exact) mass is 174 g/mol. The lowest BCUT2D eigenvalue weighted by Crippen LogP contribution is -2.06. The summed E-state index contributed by atoms with van der Waals surface area (Å²) in [6.45, 7) is 1.90. The minimum Gasteiger partial charge on any atom is -0.381 e. The van der Waals surface area contributed by atoms with Gasteiger partial charge in [0.25, 0.3) is 0 Å². The van der Waals surface area contributed by atoms with E-state index in [1.807, 2.05) is 0 Å². The van der Waals surface area contributed by atoms with Gasteiger partial charge in [0.05, 0.1) is 0 Å². The molecule has 0 spiro atoms. The molecule has 0 unspecified atom stereocenters. The molecule has 66 valence electrons. The first-order valence-corrected chi connectivity index (χ1v) is 5.25. The predicted octanol–water partition coefficient (Wildman–Crippen LogP) is 2.51. The van der Waals surface area contributed by atoms with Crippen LogP contribution in [-0.4, -0.2) is 19.0 Å². The average molecular weight is 174 g/mol. The lowest BCUT2D eigenvalue weighted by atomic mass is 10.1. The van der Waals surface area contributed by atoms with Crippen molar-refractivity contribution in [2.24, 2.45) is 5.92 Å². The van der Waals surface area contributed by atoms with Crippen LogP contribution in [0.25, 0.3) is 0 Å². The van der Waals surface area contributed by atoms with Crippen LogP contribution in [-0.2, 0) is 4.74 Å². The first kappa shape index (κ1) is 9.40. The van der Waals surface area contributed by atoms with E-state index in [-0.39, 0.29) is 0 Å². The Bertz CT molecular complexity index is 89.6. The van der Waals surface area contributed by atoms with Crippen LogP contribution in [0.1, 0.15) is 32.1 Å². The fourth-order valence-corrected chi connectivity index (χ4v) is 1.72. The summed E-state index contributed by atoms with van der Waals surface area (Å²) >= 11 is 4.12. The highest BCUT2D eigenvalue weighted by Gasteiger charge is 2.14. The van der Waals surface area contributed by atoms with E-state index in [2.05, 4.69) is 12.6 Å². The van der Waals surface area contributed by atoms with Crippen molar-refractivity contribution in [1.82, 2.24) is 0 Å². The van der Waals surface area contributed by atoms with Crippen LogP contribution >= 0.6 is 12.6 Å². The highest BCUT2D eigenvalue weighted by Crippen LogP contribution is 2.24. The summed E-state index contributed by atoms with van der Waals surface area (Å²) in [6.07, 6.45) is 6.71. The summed E-state index contributed by atoms with van der Waals surface area (Å²) in [5.41, 5.74) is 0. The van der Waals surface area contributed by atoms with E-state index in [0.717, 1.165) is 31.3 Å². The van der Waals surface area contributed by atoms with Gasteiger partial charge in [0.2, 0.25) is 0 Å². The molecule has 0 saturated heterocycles. The predicted molar refractivity (Wildman–Crippen MR) is 51.2 cm³/mol. The largest absolute Gasteiger partial charge is 0.381 e. The molecular weight excluding hydrogens is 156 g/mol. The SMILES string of the molecule is SCCCOCC1CCCC1. The maximum absolute atomic E-state index is 5.51. The summed E-state index contributed by atoms with van der Waals surface area (Å²) in [7, 11) is 0. The zero-order valence-electron chi connectivity index (χ0n) is 7.09. The van der Waals surface area contributed by atoms with Crippen LogP contribution in [0.3, 0.4) is 0 Å². The summed E-state index contributed by atoms with van der Waals surface area (Å²) in [5.74, 6) is 1.82. The Hall–Kier alpha value is 0.310. The standard InChI is InChI=1S/C9H18OS/c11-7-3-6-10-8-9-4-1-2-5-9/h9,11H,1-8H2. The van der Waals surface area contributed by atoms with Crippen molar-refractivity contribution in [3.63, 3.8) is 0 Å². The molecule has 1 saturated carbocycles. The second-order valence-electron chi connectivity index (χ2n) is 3.30. The van der Waals surface area contributed by atoms with E-state index in [4.69, 9.17) is 4.74 Å². The van der Waals surface area contributed by atoms with Gasteiger partial charge in [0.15, 0.2) is 0 Å². The third kappa shape index (κ3) is 4.02. The summed E-state index contributed by atoms with van der Waals surface area (Å²) < 4.78 is 5.51. The summed E-state index contributed by atoms with van der Waals surface area (Å²) in [5, 5.41) is 0. The van der Waals surface area contributed by atoms with Crippen LogP contribution in [0.15, 0.2) is 0 Å². The minimum absolute atomic E-state index is 0.870. The van der Waals surface area contributed by atoms with Crippen LogP contribution < -0.4 is 0 Å². The molecule has 0 aliphatic heterocycles. The summed E-state index contributed by atoms with van der Waals surface area (Å²) in [4.78, 5) is 0. The second kappa shape index (κ2) is 5.90. The Labute approximate surface area is 74.9 Å². The molecule has 1 aliphatic carbocycles. The Morgan fingerprint density at radius 1 is 1.27 bits per heavy atom. The third-order valence-electron chi connectivity index (χ3n) is 2.28. The molecule has 0 N–H and O–H groups in total. The molecule has 1 aliphatic rings. The van der Waals surface area contributed by atoms with Gasteiger partial charge < -0.3 is 4.74 Å². The maximum Gasteiger partial charge on any atom is 0.0494 e. The smallest absolute Gasteiger partial charge is 0.0494 e. The van der Waals surface area contributed by atoms with Crippen molar-refractivity contribution in [2.45, 2.75) is 32.1 Å². The zero-order valence-corrected chi connectivity index (χ0v) is 7.98. The van der Waals surface area contributed by atoms with Gasteiger partial charge >= 0.3 is 0 Å². The average Bonchev–Trinajstić information content (AvgIpc) is 2.50. The van der Waals surface area contributed by atoms with Gasteiger partial charge in [-0.05, 0) is 30.9 Å². The van der Waals surface area contributed by atoms with Crippen LogP contribution in [0.5, 0.6) is 0 Å². The molecule has 0 aromatic carbocycles. The Morgan fingerprint density at radius 2 is 2.00 bits per heavy atom. The van der Waals surface area contributed by atoms with Crippen molar-refractivity contribution >= 4 is 12.6 Å². The van der Waals surface area contributed by atoms with E-state index in [0.29, 0.717) is 0 Å². The van der Waals surface area contributed by atoms with E-state index < -0.39 is 0 Å². The van der Waals surface area contributed by atoms with Gasteiger partial charge in [-0.2, -0.15) is 12.6 Å². The molecule has 0 bridgehead atoms. The molecule has 0 atom stereocenters. The second-order valence-corrected chi connectivity index (χ2v) is 3.75. The number of hydrogen-bond donors (Lipinski definition) is 1. The number of ether oxygens (including phenoxy) is 1. The fraction of sp³-hybridized carbons (Fsp3) is 1.00. The highest BCUT2D eigenvalue weighted by molar-refractivity contribution is 7.80. The zero-order chi connectivity index (χ0) is 7.94. The molecule has 0 aromatic rings. The van der Waals surface area contributed by atoms with Crippen LogP contribution in [0.2, 0.25) is 0 Å². The molecule has 1 nitrogen and oxygen atoms in total. The molecule has 0 amide bonds. The third-order valence-corrected chi connectivity index (χ3v) is 2.59. The van der Waals surface area contributed by atoms with Crippen molar-refractivity contribution in [3.05, 3.63) is 0 Å². The minimum atomic E-state index is 0.870. The Balaban J connectivity index is 1.86. The van der Waals surface area contributed by atoms with Crippen LogP contribution in [0.4, 0.5) is 0 Å². The van der Waals surface area contributed by atoms with Crippen molar-refractivity contribution in [3.8, 4) is 0 Å². The lowest BCUT2D eigenvalue weighted by Gasteiger charge is -2.08. The van der Waals surface area contributed by atoms with E-state index in [1.165, 1.54) is 25.7 Å². The molecule has 2 heteroatoms. The van der Waals surface area contributed by atoms with E-state index >= 15 is 0 Å².